The van der Waals surface area contributed by atoms with Crippen LogP contribution in [-0.4, -0.2) is 19.1 Å². The summed E-state index contributed by atoms with van der Waals surface area (Å²) >= 11 is 0. The molecule has 1 saturated carbocycles. The molecule has 5 nitrogen and oxygen atoms in total. The number of nitriles is 1. The fraction of sp³-hybridized carbons (Fsp3) is 0.444. The predicted molar refractivity (Wildman–Crippen MR) is 89.9 cm³/mol. The molecule has 0 aromatic heterocycles. The van der Waals surface area contributed by atoms with Crippen molar-refractivity contribution in [3.63, 3.8) is 0 Å². The molecule has 0 bridgehead atoms. The molecule has 23 heavy (non-hydrogen) atoms. The number of hydrogen-bond donors (Lipinski definition) is 2. The minimum atomic E-state index is -0.404. The predicted octanol–water partition coefficient (Wildman–Crippen LogP) is 3.35. The monoisotopic (exact) mass is 313 g/mol. The first-order valence-corrected chi connectivity index (χ1v) is 8.04. The van der Waals surface area contributed by atoms with Crippen LogP contribution < -0.4 is 15.4 Å². The summed E-state index contributed by atoms with van der Waals surface area (Å²) in [6, 6.07) is 9.32. The van der Waals surface area contributed by atoms with Crippen molar-refractivity contribution in [3.05, 3.63) is 36.0 Å². The maximum Gasteiger partial charge on any atom is 0.267 e. The average Bonchev–Trinajstić information content (AvgIpc) is 2.85. The van der Waals surface area contributed by atoms with E-state index in [4.69, 9.17) is 4.74 Å². The van der Waals surface area contributed by atoms with Crippen LogP contribution in [0.25, 0.3) is 0 Å². The fourth-order valence-electron chi connectivity index (χ4n) is 2.67. The van der Waals surface area contributed by atoms with Crippen LogP contribution in [0.5, 0.6) is 5.75 Å². The molecular formula is C18H23N3O2. The highest BCUT2D eigenvalue weighted by molar-refractivity contribution is 6.06. The molecule has 0 aliphatic heterocycles. The third-order valence-electron chi connectivity index (χ3n) is 4.03. The van der Waals surface area contributed by atoms with Crippen molar-refractivity contribution in [2.45, 2.75) is 44.6 Å². The van der Waals surface area contributed by atoms with Crippen LogP contribution in [0.2, 0.25) is 0 Å². The Morgan fingerprint density at radius 2 is 1.87 bits per heavy atom. The summed E-state index contributed by atoms with van der Waals surface area (Å²) in [5.41, 5.74) is 0.719. The number of anilines is 1. The van der Waals surface area contributed by atoms with Gasteiger partial charge in [-0.1, -0.05) is 25.7 Å². The van der Waals surface area contributed by atoms with Crippen molar-refractivity contribution in [3.8, 4) is 11.8 Å². The molecule has 1 aromatic carbocycles. The van der Waals surface area contributed by atoms with Gasteiger partial charge in [0.1, 0.15) is 17.4 Å². The van der Waals surface area contributed by atoms with E-state index in [1.165, 1.54) is 25.7 Å². The normalized spacial score (nSPS) is 16.1. The molecule has 1 aliphatic rings. The van der Waals surface area contributed by atoms with Crippen LogP contribution in [0.1, 0.15) is 38.5 Å². The van der Waals surface area contributed by atoms with Crippen molar-refractivity contribution in [1.29, 1.82) is 5.26 Å². The SMILES string of the molecule is COc1ccc(NC(=O)/C(C#N)=C\NC2CCCCCC2)cc1. The molecule has 0 atom stereocenters. The molecule has 0 heterocycles. The zero-order chi connectivity index (χ0) is 16.5. The largest absolute Gasteiger partial charge is 0.497 e. The number of benzene rings is 1. The molecule has 5 heteroatoms. The van der Waals surface area contributed by atoms with Crippen LogP contribution in [0.3, 0.4) is 0 Å². The van der Waals surface area contributed by atoms with Gasteiger partial charge in [0.25, 0.3) is 5.91 Å². The molecule has 0 spiro atoms. The Labute approximate surface area is 137 Å². The Kier molecular flexibility index (Phi) is 6.49. The number of carbonyl (C=O) groups excluding carboxylic acids is 1. The first kappa shape index (κ1) is 16.9. The third-order valence-corrected chi connectivity index (χ3v) is 4.03. The molecule has 1 amide bonds. The van der Waals surface area contributed by atoms with E-state index in [1.807, 2.05) is 6.07 Å². The van der Waals surface area contributed by atoms with Gasteiger partial charge in [-0.2, -0.15) is 5.26 Å². The van der Waals surface area contributed by atoms with Gasteiger partial charge in [-0.05, 0) is 37.1 Å². The molecule has 1 fully saturated rings. The highest BCUT2D eigenvalue weighted by Gasteiger charge is 2.13. The molecule has 0 saturated heterocycles. The smallest absolute Gasteiger partial charge is 0.267 e. The Hall–Kier alpha value is -2.48. The molecule has 122 valence electrons. The zero-order valence-corrected chi connectivity index (χ0v) is 13.5. The average molecular weight is 313 g/mol. The van der Waals surface area contributed by atoms with E-state index in [9.17, 15) is 10.1 Å². The second kappa shape index (κ2) is 8.84. The first-order chi connectivity index (χ1) is 11.2. The van der Waals surface area contributed by atoms with Crippen molar-refractivity contribution in [2.75, 3.05) is 12.4 Å². The minimum Gasteiger partial charge on any atom is -0.497 e. The summed E-state index contributed by atoms with van der Waals surface area (Å²) < 4.78 is 5.07. The number of carbonyl (C=O) groups is 1. The lowest BCUT2D eigenvalue weighted by Gasteiger charge is -2.14. The second-order valence-electron chi connectivity index (χ2n) is 5.71. The van der Waals surface area contributed by atoms with E-state index < -0.39 is 5.91 Å². The summed E-state index contributed by atoms with van der Waals surface area (Å²) in [5.74, 6) is 0.313. The van der Waals surface area contributed by atoms with E-state index in [0.29, 0.717) is 17.5 Å². The van der Waals surface area contributed by atoms with E-state index in [-0.39, 0.29) is 5.57 Å². The number of amides is 1. The minimum absolute atomic E-state index is 0.0880. The Bertz CT molecular complexity index is 579. The van der Waals surface area contributed by atoms with Crippen molar-refractivity contribution >= 4 is 11.6 Å². The fourth-order valence-corrected chi connectivity index (χ4v) is 2.67. The van der Waals surface area contributed by atoms with Crippen molar-refractivity contribution in [1.82, 2.24) is 5.32 Å². The molecule has 2 N–H and O–H groups in total. The molecule has 2 rings (SSSR count). The number of ether oxygens (including phenoxy) is 1. The molecule has 0 unspecified atom stereocenters. The second-order valence-corrected chi connectivity index (χ2v) is 5.71. The van der Waals surface area contributed by atoms with Crippen LogP contribution in [-0.2, 0) is 4.79 Å². The lowest BCUT2D eigenvalue weighted by atomic mass is 10.1. The summed E-state index contributed by atoms with van der Waals surface area (Å²) in [6.07, 6.45) is 8.67. The van der Waals surface area contributed by atoms with Gasteiger partial charge in [0.15, 0.2) is 0 Å². The van der Waals surface area contributed by atoms with Gasteiger partial charge in [-0.3, -0.25) is 4.79 Å². The van der Waals surface area contributed by atoms with Crippen molar-refractivity contribution < 1.29 is 9.53 Å². The molecular weight excluding hydrogens is 290 g/mol. The van der Waals surface area contributed by atoms with E-state index in [0.717, 1.165) is 12.8 Å². The third kappa shape index (κ3) is 5.33. The van der Waals surface area contributed by atoms with Gasteiger partial charge in [0.05, 0.1) is 7.11 Å². The van der Waals surface area contributed by atoms with E-state index in [1.54, 1.807) is 37.6 Å². The maximum absolute atomic E-state index is 12.2. The first-order valence-electron chi connectivity index (χ1n) is 8.04. The number of nitrogens with one attached hydrogen (secondary N) is 2. The number of rotatable bonds is 5. The van der Waals surface area contributed by atoms with Gasteiger partial charge in [-0.15, -0.1) is 0 Å². The summed E-state index contributed by atoms with van der Waals surface area (Å²) in [5, 5.41) is 15.2. The van der Waals surface area contributed by atoms with Gasteiger partial charge in [0, 0.05) is 17.9 Å². The van der Waals surface area contributed by atoms with Crippen molar-refractivity contribution in [2.24, 2.45) is 0 Å². The summed E-state index contributed by atoms with van der Waals surface area (Å²) in [7, 11) is 1.59. The van der Waals surface area contributed by atoms with Gasteiger partial charge < -0.3 is 15.4 Å². The van der Waals surface area contributed by atoms with Gasteiger partial charge in [-0.25, -0.2) is 0 Å². The van der Waals surface area contributed by atoms with Crippen LogP contribution >= 0.6 is 0 Å². The van der Waals surface area contributed by atoms with E-state index in [2.05, 4.69) is 10.6 Å². The summed E-state index contributed by atoms with van der Waals surface area (Å²) in [6.45, 7) is 0. The maximum atomic E-state index is 12.2. The molecule has 1 aliphatic carbocycles. The van der Waals surface area contributed by atoms with Crippen LogP contribution in [0.15, 0.2) is 36.0 Å². The summed E-state index contributed by atoms with van der Waals surface area (Å²) in [4.78, 5) is 12.2. The van der Waals surface area contributed by atoms with Gasteiger partial charge in [0.2, 0.25) is 0 Å². The lowest BCUT2D eigenvalue weighted by Crippen LogP contribution is -2.25. The van der Waals surface area contributed by atoms with Crippen LogP contribution in [0, 0.1) is 11.3 Å². The highest BCUT2D eigenvalue weighted by Crippen LogP contribution is 2.18. The van der Waals surface area contributed by atoms with Crippen LogP contribution in [0.4, 0.5) is 5.69 Å². The Balaban J connectivity index is 1.94. The van der Waals surface area contributed by atoms with E-state index >= 15 is 0 Å². The quantitative estimate of drug-likeness (QED) is 0.496. The highest BCUT2D eigenvalue weighted by atomic mass is 16.5. The number of nitrogens with zero attached hydrogens (tertiary/aromatic N) is 1. The van der Waals surface area contributed by atoms with Gasteiger partial charge >= 0.3 is 0 Å². The molecule has 1 aromatic rings. The number of methoxy groups -OCH3 is 1. The topological polar surface area (TPSA) is 74.1 Å². The lowest BCUT2D eigenvalue weighted by molar-refractivity contribution is -0.112. The Morgan fingerprint density at radius 1 is 1.22 bits per heavy atom. The zero-order valence-electron chi connectivity index (χ0n) is 13.5. The molecule has 0 radical (unpaired) electrons. The number of hydrogen-bond acceptors (Lipinski definition) is 4. The standard InChI is InChI=1S/C18H23N3O2/c1-23-17-10-8-16(9-11-17)21-18(22)14(12-19)13-20-15-6-4-2-3-5-7-15/h8-11,13,15,20H,2-7H2,1H3,(H,21,22)/b14-13-. The Morgan fingerprint density at radius 3 is 2.43 bits per heavy atom.